The van der Waals surface area contributed by atoms with Crippen LogP contribution in [0.3, 0.4) is 0 Å². The zero-order valence-electron chi connectivity index (χ0n) is 12.8. The lowest BCUT2D eigenvalue weighted by Gasteiger charge is -2.21. The molecular formula is C15H23ClN2O3. The zero-order chi connectivity index (χ0) is 15.7. The maximum absolute atomic E-state index is 12.1. The second kappa shape index (κ2) is 9.73. The van der Waals surface area contributed by atoms with Crippen molar-refractivity contribution < 1.29 is 14.3 Å². The summed E-state index contributed by atoms with van der Waals surface area (Å²) in [5.41, 5.74) is 1.72. The number of carbonyl (C=O) groups is 1. The zero-order valence-corrected chi connectivity index (χ0v) is 13.6. The number of benzene rings is 1. The van der Waals surface area contributed by atoms with Gasteiger partial charge in [-0.15, -0.1) is 0 Å². The molecule has 1 N–H and O–H groups in total. The van der Waals surface area contributed by atoms with E-state index in [9.17, 15) is 4.79 Å². The molecule has 21 heavy (non-hydrogen) atoms. The van der Waals surface area contributed by atoms with Crippen molar-refractivity contribution in [3.63, 3.8) is 0 Å². The van der Waals surface area contributed by atoms with Crippen LogP contribution in [-0.4, -0.2) is 57.9 Å². The van der Waals surface area contributed by atoms with Crippen LogP contribution in [0.4, 0.5) is 5.69 Å². The minimum absolute atomic E-state index is 0.0763. The maximum atomic E-state index is 12.1. The summed E-state index contributed by atoms with van der Waals surface area (Å²) in [5, 5.41) is 3.49. The molecule has 0 aliphatic carbocycles. The average Bonchev–Trinajstić information content (AvgIpc) is 2.45. The SMILES string of the molecule is COCCN(CCOC)CC(=O)Nc1cc(Cl)ccc1C. The predicted octanol–water partition coefficient (Wildman–Crippen LogP) is 2.18. The van der Waals surface area contributed by atoms with Gasteiger partial charge in [-0.2, -0.15) is 0 Å². The monoisotopic (exact) mass is 314 g/mol. The first-order chi connectivity index (χ1) is 10.1. The third-order valence-electron chi connectivity index (χ3n) is 3.06. The second-order valence-corrected chi connectivity index (χ2v) is 5.21. The summed E-state index contributed by atoms with van der Waals surface area (Å²) in [7, 11) is 3.29. The van der Waals surface area contributed by atoms with Gasteiger partial charge in [-0.05, 0) is 24.6 Å². The third-order valence-corrected chi connectivity index (χ3v) is 3.30. The van der Waals surface area contributed by atoms with Gasteiger partial charge in [0.15, 0.2) is 0 Å². The fraction of sp³-hybridized carbons (Fsp3) is 0.533. The first-order valence-electron chi connectivity index (χ1n) is 6.83. The van der Waals surface area contributed by atoms with Crippen molar-refractivity contribution in [3.8, 4) is 0 Å². The van der Waals surface area contributed by atoms with Crippen LogP contribution >= 0.6 is 11.6 Å². The number of hydrogen-bond acceptors (Lipinski definition) is 4. The molecule has 0 heterocycles. The van der Waals surface area contributed by atoms with E-state index in [1.807, 2.05) is 17.9 Å². The van der Waals surface area contributed by atoms with Gasteiger partial charge in [-0.3, -0.25) is 9.69 Å². The van der Waals surface area contributed by atoms with Gasteiger partial charge in [0.2, 0.25) is 5.91 Å². The van der Waals surface area contributed by atoms with Gasteiger partial charge in [0.05, 0.1) is 19.8 Å². The molecule has 0 saturated heterocycles. The maximum Gasteiger partial charge on any atom is 0.238 e. The van der Waals surface area contributed by atoms with Crippen LogP contribution in [0.15, 0.2) is 18.2 Å². The second-order valence-electron chi connectivity index (χ2n) is 4.77. The number of rotatable bonds is 9. The van der Waals surface area contributed by atoms with E-state index in [1.54, 1.807) is 26.4 Å². The Bertz CT molecular complexity index is 447. The Morgan fingerprint density at radius 2 is 1.86 bits per heavy atom. The van der Waals surface area contributed by atoms with Gasteiger partial charge in [-0.1, -0.05) is 17.7 Å². The molecule has 0 aliphatic rings. The summed E-state index contributed by atoms with van der Waals surface area (Å²) in [5.74, 6) is -0.0763. The van der Waals surface area contributed by atoms with Crippen molar-refractivity contribution >= 4 is 23.2 Å². The highest BCUT2D eigenvalue weighted by Crippen LogP contribution is 2.20. The number of nitrogens with one attached hydrogen (secondary N) is 1. The number of anilines is 1. The van der Waals surface area contributed by atoms with E-state index in [0.29, 0.717) is 37.9 Å². The lowest BCUT2D eigenvalue weighted by molar-refractivity contribution is -0.117. The Kier molecular flexibility index (Phi) is 8.30. The highest BCUT2D eigenvalue weighted by Gasteiger charge is 2.11. The normalized spacial score (nSPS) is 10.9. The molecule has 0 bridgehead atoms. The number of amides is 1. The standard InChI is InChI=1S/C15H23ClN2O3/c1-12-4-5-13(16)10-14(12)17-15(19)11-18(6-8-20-2)7-9-21-3/h4-5,10H,6-9,11H2,1-3H3,(H,17,19). The van der Waals surface area contributed by atoms with E-state index in [1.165, 1.54) is 0 Å². The Balaban J connectivity index is 2.57. The quantitative estimate of drug-likeness (QED) is 0.759. The minimum atomic E-state index is -0.0763. The van der Waals surface area contributed by atoms with Crippen molar-refractivity contribution in [1.82, 2.24) is 4.90 Å². The van der Waals surface area contributed by atoms with Gasteiger partial charge in [0, 0.05) is 38.0 Å². The highest BCUT2D eigenvalue weighted by atomic mass is 35.5. The molecule has 1 aromatic carbocycles. The molecule has 118 valence electrons. The predicted molar refractivity (Wildman–Crippen MR) is 85.0 cm³/mol. The average molecular weight is 315 g/mol. The van der Waals surface area contributed by atoms with Crippen LogP contribution in [0.25, 0.3) is 0 Å². The summed E-state index contributed by atoms with van der Waals surface area (Å²) in [6.07, 6.45) is 0. The molecule has 0 unspecified atom stereocenters. The van der Waals surface area contributed by atoms with Crippen LogP contribution in [-0.2, 0) is 14.3 Å². The summed E-state index contributed by atoms with van der Waals surface area (Å²) >= 11 is 5.95. The van der Waals surface area contributed by atoms with Gasteiger partial charge in [0.1, 0.15) is 0 Å². The Morgan fingerprint density at radius 1 is 1.24 bits per heavy atom. The Morgan fingerprint density at radius 3 is 2.43 bits per heavy atom. The van der Waals surface area contributed by atoms with E-state index in [2.05, 4.69) is 5.32 Å². The fourth-order valence-electron chi connectivity index (χ4n) is 1.83. The van der Waals surface area contributed by atoms with Crippen LogP contribution in [0.1, 0.15) is 5.56 Å². The minimum Gasteiger partial charge on any atom is -0.383 e. The molecule has 6 heteroatoms. The molecule has 1 aromatic rings. The van der Waals surface area contributed by atoms with Crippen molar-refractivity contribution in [2.24, 2.45) is 0 Å². The first kappa shape index (κ1) is 17.9. The van der Waals surface area contributed by atoms with E-state index in [0.717, 1.165) is 11.3 Å². The summed E-state index contributed by atoms with van der Waals surface area (Å²) < 4.78 is 10.1. The molecule has 0 aliphatic heterocycles. The topological polar surface area (TPSA) is 50.8 Å². The lowest BCUT2D eigenvalue weighted by atomic mass is 10.2. The number of carbonyl (C=O) groups excluding carboxylic acids is 1. The van der Waals surface area contributed by atoms with Gasteiger partial charge in [-0.25, -0.2) is 0 Å². The molecule has 0 aromatic heterocycles. The van der Waals surface area contributed by atoms with Crippen molar-refractivity contribution in [3.05, 3.63) is 28.8 Å². The number of halogens is 1. The van der Waals surface area contributed by atoms with E-state index in [-0.39, 0.29) is 5.91 Å². The summed E-state index contributed by atoms with van der Waals surface area (Å²) in [4.78, 5) is 14.1. The number of aryl methyl sites for hydroxylation is 1. The molecule has 0 atom stereocenters. The van der Waals surface area contributed by atoms with Gasteiger partial charge < -0.3 is 14.8 Å². The van der Waals surface area contributed by atoms with E-state index in [4.69, 9.17) is 21.1 Å². The van der Waals surface area contributed by atoms with Crippen LogP contribution < -0.4 is 5.32 Å². The van der Waals surface area contributed by atoms with Crippen LogP contribution in [0.5, 0.6) is 0 Å². The van der Waals surface area contributed by atoms with Crippen molar-refractivity contribution in [2.75, 3.05) is 52.4 Å². The molecule has 0 radical (unpaired) electrons. The van der Waals surface area contributed by atoms with Crippen LogP contribution in [0.2, 0.25) is 5.02 Å². The van der Waals surface area contributed by atoms with Crippen molar-refractivity contribution in [1.29, 1.82) is 0 Å². The first-order valence-corrected chi connectivity index (χ1v) is 7.21. The summed E-state index contributed by atoms with van der Waals surface area (Å²) in [6.45, 7) is 4.74. The third kappa shape index (κ3) is 6.91. The fourth-order valence-corrected chi connectivity index (χ4v) is 2.00. The molecule has 0 saturated carbocycles. The molecule has 1 rings (SSSR count). The van der Waals surface area contributed by atoms with Gasteiger partial charge >= 0.3 is 0 Å². The summed E-state index contributed by atoms with van der Waals surface area (Å²) in [6, 6.07) is 5.44. The number of ether oxygens (including phenoxy) is 2. The van der Waals surface area contributed by atoms with Crippen molar-refractivity contribution in [2.45, 2.75) is 6.92 Å². The van der Waals surface area contributed by atoms with Gasteiger partial charge in [0.25, 0.3) is 0 Å². The lowest BCUT2D eigenvalue weighted by Crippen LogP contribution is -2.37. The van der Waals surface area contributed by atoms with E-state index < -0.39 is 0 Å². The number of methoxy groups -OCH3 is 2. The molecule has 0 spiro atoms. The molecular weight excluding hydrogens is 292 g/mol. The number of hydrogen-bond donors (Lipinski definition) is 1. The molecule has 5 nitrogen and oxygen atoms in total. The smallest absolute Gasteiger partial charge is 0.238 e. The largest absolute Gasteiger partial charge is 0.383 e. The molecule has 0 fully saturated rings. The Hall–Kier alpha value is -1.14. The van der Waals surface area contributed by atoms with Crippen LogP contribution in [0, 0.1) is 6.92 Å². The number of nitrogens with zero attached hydrogens (tertiary/aromatic N) is 1. The highest BCUT2D eigenvalue weighted by molar-refractivity contribution is 6.31. The Labute approximate surface area is 131 Å². The van der Waals surface area contributed by atoms with E-state index >= 15 is 0 Å². The molecule has 1 amide bonds.